The molecule has 0 saturated carbocycles. The van der Waals surface area contributed by atoms with Crippen LogP contribution < -0.4 is 20.9 Å². The molecule has 2 aromatic rings. The topological polar surface area (TPSA) is 79.9 Å². The highest BCUT2D eigenvalue weighted by atomic mass is 16.2. The molecule has 2 aromatic carbocycles. The van der Waals surface area contributed by atoms with E-state index in [0.29, 0.717) is 17.8 Å². The number of piperazine rings is 1. The lowest BCUT2D eigenvalue weighted by Crippen LogP contribution is -3.15. The van der Waals surface area contributed by atoms with Crippen LogP contribution in [0.5, 0.6) is 0 Å². The molecule has 0 unspecified atom stereocenters. The van der Waals surface area contributed by atoms with Gasteiger partial charge in [-0.05, 0) is 55.3 Å². The molecular weight excluding hydrogens is 340 g/mol. The number of benzene rings is 2. The second kappa shape index (κ2) is 8.22. The van der Waals surface area contributed by atoms with Gasteiger partial charge in [0.05, 0.1) is 26.2 Å². The van der Waals surface area contributed by atoms with Gasteiger partial charge in [0.15, 0.2) is 6.54 Å². The third kappa shape index (κ3) is 4.65. The maximum Gasteiger partial charge on any atom is 0.279 e. The van der Waals surface area contributed by atoms with Crippen LogP contribution in [-0.2, 0) is 4.79 Å². The predicted molar refractivity (Wildman–Crippen MR) is 107 cm³/mol. The number of aryl methyl sites for hydroxylation is 1. The smallest absolute Gasteiger partial charge is 0.279 e. The van der Waals surface area contributed by atoms with Crippen LogP contribution in [0.25, 0.3) is 0 Å². The molecule has 1 aliphatic rings. The van der Waals surface area contributed by atoms with Crippen LogP contribution in [0.4, 0.5) is 11.4 Å². The highest BCUT2D eigenvalue weighted by Crippen LogP contribution is 2.22. The first-order valence-corrected chi connectivity index (χ1v) is 9.28. The van der Waals surface area contributed by atoms with Crippen LogP contribution in [0, 0.1) is 13.8 Å². The Labute approximate surface area is 159 Å². The van der Waals surface area contributed by atoms with Gasteiger partial charge < -0.3 is 20.9 Å². The van der Waals surface area contributed by atoms with Gasteiger partial charge >= 0.3 is 0 Å². The van der Waals surface area contributed by atoms with Crippen LogP contribution in [0.3, 0.4) is 0 Å². The molecule has 0 radical (unpaired) electrons. The van der Waals surface area contributed by atoms with Crippen molar-refractivity contribution in [3.63, 3.8) is 0 Å². The maximum absolute atomic E-state index is 12.3. The fourth-order valence-corrected chi connectivity index (χ4v) is 3.47. The minimum absolute atomic E-state index is 0.0167. The number of carbonyl (C=O) groups is 2. The number of rotatable bonds is 5. The second-order valence-corrected chi connectivity index (χ2v) is 7.12. The largest absolute Gasteiger partial charge is 0.366 e. The number of hydrogen-bond donors (Lipinski definition) is 3. The van der Waals surface area contributed by atoms with E-state index in [9.17, 15) is 9.59 Å². The number of nitrogens with one attached hydrogen (secondary N) is 2. The van der Waals surface area contributed by atoms with E-state index in [4.69, 9.17) is 5.73 Å². The molecule has 1 saturated heterocycles. The molecule has 6 nitrogen and oxygen atoms in total. The first-order chi connectivity index (χ1) is 12.9. The summed E-state index contributed by atoms with van der Waals surface area (Å²) in [5.74, 6) is -0.490. The molecule has 2 amide bonds. The zero-order valence-corrected chi connectivity index (χ0v) is 15.9. The van der Waals surface area contributed by atoms with Crippen molar-refractivity contribution in [2.24, 2.45) is 5.73 Å². The maximum atomic E-state index is 12.3. The fourth-order valence-electron chi connectivity index (χ4n) is 3.47. The zero-order chi connectivity index (χ0) is 19.4. The minimum Gasteiger partial charge on any atom is -0.366 e. The monoisotopic (exact) mass is 367 g/mol. The van der Waals surface area contributed by atoms with Crippen molar-refractivity contribution >= 4 is 23.2 Å². The Morgan fingerprint density at radius 3 is 2.37 bits per heavy atom. The third-order valence-corrected chi connectivity index (χ3v) is 5.25. The van der Waals surface area contributed by atoms with Gasteiger partial charge in [0.1, 0.15) is 0 Å². The Hall–Kier alpha value is -2.86. The number of amides is 2. The molecular formula is C21H27N4O2+. The Morgan fingerprint density at radius 2 is 1.74 bits per heavy atom. The molecule has 4 N–H and O–H groups in total. The number of anilines is 2. The van der Waals surface area contributed by atoms with Gasteiger partial charge in [0.25, 0.3) is 5.91 Å². The molecule has 1 heterocycles. The average molecular weight is 367 g/mol. The van der Waals surface area contributed by atoms with Crippen molar-refractivity contribution in [2.45, 2.75) is 13.8 Å². The van der Waals surface area contributed by atoms with Gasteiger partial charge in [-0.3, -0.25) is 9.59 Å². The number of nitrogens with zero attached hydrogens (tertiary/aromatic N) is 1. The molecule has 0 aromatic heterocycles. The van der Waals surface area contributed by atoms with Crippen LogP contribution in [0.1, 0.15) is 21.5 Å². The van der Waals surface area contributed by atoms with E-state index >= 15 is 0 Å². The van der Waals surface area contributed by atoms with Crippen molar-refractivity contribution < 1.29 is 14.5 Å². The van der Waals surface area contributed by atoms with E-state index in [1.54, 1.807) is 24.3 Å². The summed E-state index contributed by atoms with van der Waals surface area (Å²) in [4.78, 5) is 27.1. The van der Waals surface area contributed by atoms with E-state index in [1.165, 1.54) is 21.7 Å². The number of nitrogens with two attached hydrogens (primary N) is 1. The van der Waals surface area contributed by atoms with Crippen molar-refractivity contribution in [3.8, 4) is 0 Å². The van der Waals surface area contributed by atoms with Crippen LogP contribution in [0.15, 0.2) is 42.5 Å². The summed E-state index contributed by atoms with van der Waals surface area (Å²) in [5.41, 5.74) is 10.3. The van der Waals surface area contributed by atoms with Gasteiger partial charge in [0.2, 0.25) is 5.91 Å². The Morgan fingerprint density at radius 1 is 1.07 bits per heavy atom. The average Bonchev–Trinajstić information content (AvgIpc) is 2.65. The molecule has 0 bridgehead atoms. The van der Waals surface area contributed by atoms with Crippen molar-refractivity contribution in [3.05, 3.63) is 59.2 Å². The van der Waals surface area contributed by atoms with Gasteiger partial charge in [-0.1, -0.05) is 12.1 Å². The zero-order valence-electron chi connectivity index (χ0n) is 15.9. The molecule has 27 heavy (non-hydrogen) atoms. The van der Waals surface area contributed by atoms with Crippen LogP contribution in [0.2, 0.25) is 0 Å². The Balaban J connectivity index is 1.50. The molecule has 0 atom stereocenters. The molecule has 3 rings (SSSR count). The van der Waals surface area contributed by atoms with Gasteiger partial charge in [-0.15, -0.1) is 0 Å². The number of hydrogen-bond acceptors (Lipinski definition) is 3. The van der Waals surface area contributed by atoms with E-state index in [2.05, 4.69) is 42.3 Å². The highest BCUT2D eigenvalue weighted by molar-refractivity contribution is 5.95. The Bertz CT molecular complexity index is 825. The predicted octanol–water partition coefficient (Wildman–Crippen LogP) is 0.746. The third-order valence-electron chi connectivity index (χ3n) is 5.25. The van der Waals surface area contributed by atoms with Crippen LogP contribution in [-0.4, -0.2) is 44.5 Å². The van der Waals surface area contributed by atoms with Gasteiger partial charge in [-0.25, -0.2) is 0 Å². The summed E-state index contributed by atoms with van der Waals surface area (Å²) >= 11 is 0. The quantitative estimate of drug-likeness (QED) is 0.729. The van der Waals surface area contributed by atoms with E-state index < -0.39 is 5.91 Å². The molecule has 6 heteroatoms. The van der Waals surface area contributed by atoms with Crippen molar-refractivity contribution in [1.82, 2.24) is 0 Å². The summed E-state index contributed by atoms with van der Waals surface area (Å²) in [6.45, 7) is 8.50. The Kier molecular flexibility index (Phi) is 5.76. The molecule has 0 spiro atoms. The first kappa shape index (κ1) is 18.9. The van der Waals surface area contributed by atoms with Crippen molar-refractivity contribution in [2.75, 3.05) is 42.9 Å². The first-order valence-electron chi connectivity index (χ1n) is 9.28. The lowest BCUT2D eigenvalue weighted by molar-refractivity contribution is -0.892. The molecule has 0 aliphatic carbocycles. The number of carbonyl (C=O) groups excluding carboxylic acids is 2. The van der Waals surface area contributed by atoms with E-state index in [-0.39, 0.29) is 5.91 Å². The van der Waals surface area contributed by atoms with E-state index in [0.717, 1.165) is 26.2 Å². The van der Waals surface area contributed by atoms with Crippen molar-refractivity contribution in [1.29, 1.82) is 0 Å². The molecule has 142 valence electrons. The minimum atomic E-state index is -0.473. The molecule has 1 fully saturated rings. The van der Waals surface area contributed by atoms with Gasteiger partial charge in [0, 0.05) is 16.9 Å². The summed E-state index contributed by atoms with van der Waals surface area (Å²) < 4.78 is 0. The van der Waals surface area contributed by atoms with E-state index in [1.807, 2.05) is 0 Å². The summed E-state index contributed by atoms with van der Waals surface area (Å²) in [7, 11) is 0. The number of primary amides is 1. The summed E-state index contributed by atoms with van der Waals surface area (Å²) in [5, 5.41) is 2.89. The SMILES string of the molecule is Cc1cccc(N2CC[NH+](CC(=O)Nc3ccc(C(N)=O)cc3)CC2)c1C. The second-order valence-electron chi connectivity index (χ2n) is 7.12. The lowest BCUT2D eigenvalue weighted by Gasteiger charge is -2.34. The standard InChI is InChI=1S/C21H26N4O2/c1-15-4-3-5-19(16(15)2)25-12-10-24(11-13-25)14-20(26)23-18-8-6-17(7-9-18)21(22)27/h3-9H,10-14H2,1-2H3,(H2,22,27)(H,23,26)/p+1. The fraction of sp³-hybridized carbons (Fsp3) is 0.333. The van der Waals surface area contributed by atoms with Gasteiger partial charge in [-0.2, -0.15) is 0 Å². The van der Waals surface area contributed by atoms with Crippen LogP contribution >= 0.6 is 0 Å². The normalized spacial score (nSPS) is 14.8. The number of quaternary nitrogens is 1. The summed E-state index contributed by atoms with van der Waals surface area (Å²) in [6.07, 6.45) is 0. The highest BCUT2D eigenvalue weighted by Gasteiger charge is 2.23. The summed E-state index contributed by atoms with van der Waals surface area (Å²) in [6, 6.07) is 13.1. The molecule has 1 aliphatic heterocycles. The lowest BCUT2D eigenvalue weighted by atomic mass is 10.1.